The average Bonchev–Trinajstić information content (AvgIpc) is 2.34. The van der Waals surface area contributed by atoms with Crippen LogP contribution in [-0.4, -0.2) is 4.98 Å². The molecule has 0 aromatic carbocycles. The topological polar surface area (TPSA) is 12.9 Å². The van der Waals surface area contributed by atoms with Crippen LogP contribution in [0.2, 0.25) is 0 Å². The Balaban J connectivity index is 2.84. The van der Waals surface area contributed by atoms with Crippen molar-refractivity contribution < 1.29 is 0 Å². The molecule has 0 fully saturated rings. The van der Waals surface area contributed by atoms with Crippen molar-refractivity contribution in [2.75, 3.05) is 0 Å². The summed E-state index contributed by atoms with van der Waals surface area (Å²) < 4.78 is 0. The van der Waals surface area contributed by atoms with Crippen molar-refractivity contribution >= 4 is 6.08 Å². The maximum absolute atomic E-state index is 4.00. The Morgan fingerprint density at radius 3 is 2.35 bits per heavy atom. The van der Waals surface area contributed by atoms with Crippen LogP contribution in [0.1, 0.15) is 26.3 Å². The van der Waals surface area contributed by atoms with Crippen LogP contribution in [0, 0.1) is 0 Å². The zero-order valence-corrected chi connectivity index (χ0v) is 10.7. The standard InChI is InChI=1S/C16H19N/c1-4-5-15(7-6-14(2)3)8-9-16-10-12-17-13-11-16/h4-13H,1-3H3/b5-4-,9-8+,15-7+. The predicted molar refractivity (Wildman–Crippen MR) is 75.6 cm³/mol. The van der Waals surface area contributed by atoms with Gasteiger partial charge in [-0.15, -0.1) is 0 Å². The molecule has 0 saturated heterocycles. The van der Waals surface area contributed by atoms with Crippen LogP contribution in [0.25, 0.3) is 6.08 Å². The summed E-state index contributed by atoms with van der Waals surface area (Å²) in [5, 5.41) is 0. The first-order valence-electron chi connectivity index (χ1n) is 5.78. The molecule has 0 bridgehead atoms. The van der Waals surface area contributed by atoms with E-state index in [0.29, 0.717) is 0 Å². The van der Waals surface area contributed by atoms with E-state index in [1.165, 1.54) is 11.1 Å². The molecule has 0 radical (unpaired) electrons. The van der Waals surface area contributed by atoms with Crippen molar-refractivity contribution in [3.63, 3.8) is 0 Å². The fraction of sp³-hybridized carbons (Fsp3) is 0.188. The molecule has 0 amide bonds. The normalized spacial score (nSPS) is 12.3. The van der Waals surface area contributed by atoms with E-state index in [0.717, 1.165) is 5.56 Å². The van der Waals surface area contributed by atoms with Crippen molar-refractivity contribution in [1.29, 1.82) is 0 Å². The SMILES string of the molecule is C\C=C/C(/C=C/c1ccncc1)=C\C=C(C)C. The maximum Gasteiger partial charge on any atom is 0.0273 e. The van der Waals surface area contributed by atoms with Crippen LogP contribution >= 0.6 is 0 Å². The third kappa shape index (κ3) is 5.67. The van der Waals surface area contributed by atoms with Crippen molar-refractivity contribution in [2.24, 2.45) is 0 Å². The number of nitrogens with zero attached hydrogens (tertiary/aromatic N) is 1. The van der Waals surface area contributed by atoms with Crippen LogP contribution < -0.4 is 0 Å². The molecule has 0 aliphatic carbocycles. The summed E-state index contributed by atoms with van der Waals surface area (Å²) in [7, 11) is 0. The molecule has 0 N–H and O–H groups in total. The Kier molecular flexibility index (Phi) is 5.73. The van der Waals surface area contributed by atoms with E-state index in [2.05, 4.69) is 49.2 Å². The summed E-state index contributed by atoms with van der Waals surface area (Å²) in [5.41, 5.74) is 3.64. The highest BCUT2D eigenvalue weighted by atomic mass is 14.6. The predicted octanol–water partition coefficient (Wildman–Crippen LogP) is 4.56. The summed E-state index contributed by atoms with van der Waals surface area (Å²) in [4.78, 5) is 4.00. The molecule has 17 heavy (non-hydrogen) atoms. The summed E-state index contributed by atoms with van der Waals surface area (Å²) >= 11 is 0. The molecule has 0 atom stereocenters. The van der Waals surface area contributed by atoms with Gasteiger partial charge in [0, 0.05) is 12.4 Å². The minimum atomic E-state index is 1.16. The van der Waals surface area contributed by atoms with E-state index in [1.807, 2.05) is 25.1 Å². The fourth-order valence-electron chi connectivity index (χ4n) is 1.29. The van der Waals surface area contributed by atoms with Gasteiger partial charge < -0.3 is 0 Å². The average molecular weight is 225 g/mol. The third-order valence-corrected chi connectivity index (χ3v) is 2.14. The molecular formula is C16H19N. The zero-order chi connectivity index (χ0) is 12.5. The van der Waals surface area contributed by atoms with E-state index < -0.39 is 0 Å². The van der Waals surface area contributed by atoms with Gasteiger partial charge in [0.05, 0.1) is 0 Å². The highest BCUT2D eigenvalue weighted by Gasteiger charge is 1.86. The monoisotopic (exact) mass is 225 g/mol. The lowest BCUT2D eigenvalue weighted by molar-refractivity contribution is 1.32. The van der Waals surface area contributed by atoms with Gasteiger partial charge in [-0.3, -0.25) is 4.98 Å². The summed E-state index contributed by atoms with van der Waals surface area (Å²) in [6.45, 7) is 6.21. The second-order valence-corrected chi connectivity index (χ2v) is 4.02. The first-order chi connectivity index (χ1) is 8.22. The molecule has 1 heteroatoms. The molecule has 1 rings (SSSR count). The van der Waals surface area contributed by atoms with Gasteiger partial charge in [0.25, 0.3) is 0 Å². The van der Waals surface area contributed by atoms with Gasteiger partial charge >= 0.3 is 0 Å². The smallest absolute Gasteiger partial charge is 0.0273 e. The number of rotatable bonds is 4. The molecule has 0 aliphatic heterocycles. The Hall–Kier alpha value is -1.89. The van der Waals surface area contributed by atoms with E-state index in [9.17, 15) is 0 Å². The Morgan fingerprint density at radius 1 is 1.06 bits per heavy atom. The maximum atomic E-state index is 4.00. The number of hydrogen-bond acceptors (Lipinski definition) is 1. The Labute approximate surface area is 104 Å². The van der Waals surface area contributed by atoms with Gasteiger partial charge in [-0.1, -0.05) is 42.0 Å². The quantitative estimate of drug-likeness (QED) is 0.684. The molecule has 0 unspecified atom stereocenters. The fourth-order valence-corrected chi connectivity index (χ4v) is 1.29. The van der Waals surface area contributed by atoms with E-state index in [-0.39, 0.29) is 0 Å². The van der Waals surface area contributed by atoms with Gasteiger partial charge in [0.15, 0.2) is 0 Å². The first-order valence-corrected chi connectivity index (χ1v) is 5.78. The molecule has 0 spiro atoms. The third-order valence-electron chi connectivity index (χ3n) is 2.14. The molecule has 88 valence electrons. The largest absolute Gasteiger partial charge is 0.265 e. The van der Waals surface area contributed by atoms with Crippen molar-refractivity contribution in [2.45, 2.75) is 20.8 Å². The molecular weight excluding hydrogens is 206 g/mol. The lowest BCUT2D eigenvalue weighted by atomic mass is 10.1. The minimum Gasteiger partial charge on any atom is -0.265 e. The number of pyridine rings is 1. The second kappa shape index (κ2) is 7.39. The van der Waals surface area contributed by atoms with Crippen LogP contribution in [0.4, 0.5) is 0 Å². The molecule has 1 aromatic rings. The number of aromatic nitrogens is 1. The molecule has 1 aromatic heterocycles. The van der Waals surface area contributed by atoms with Gasteiger partial charge in [-0.05, 0) is 44.0 Å². The summed E-state index contributed by atoms with van der Waals surface area (Å²) in [5.74, 6) is 0. The van der Waals surface area contributed by atoms with E-state index >= 15 is 0 Å². The Morgan fingerprint density at radius 2 is 1.76 bits per heavy atom. The highest BCUT2D eigenvalue weighted by molar-refractivity contribution is 5.54. The number of allylic oxidation sites excluding steroid dienone is 7. The van der Waals surface area contributed by atoms with Crippen LogP contribution in [0.5, 0.6) is 0 Å². The second-order valence-electron chi connectivity index (χ2n) is 4.02. The van der Waals surface area contributed by atoms with Crippen LogP contribution in [-0.2, 0) is 0 Å². The number of hydrogen-bond donors (Lipinski definition) is 0. The minimum absolute atomic E-state index is 1.16. The summed E-state index contributed by atoms with van der Waals surface area (Å²) in [6, 6.07) is 3.98. The lowest BCUT2D eigenvalue weighted by Gasteiger charge is -1.94. The highest BCUT2D eigenvalue weighted by Crippen LogP contribution is 2.06. The van der Waals surface area contributed by atoms with Gasteiger partial charge in [0.1, 0.15) is 0 Å². The van der Waals surface area contributed by atoms with E-state index in [4.69, 9.17) is 0 Å². The molecule has 1 nitrogen and oxygen atoms in total. The first kappa shape index (κ1) is 13.2. The lowest BCUT2D eigenvalue weighted by Crippen LogP contribution is -1.75. The van der Waals surface area contributed by atoms with Crippen LogP contribution in [0.3, 0.4) is 0 Å². The van der Waals surface area contributed by atoms with Gasteiger partial charge in [-0.2, -0.15) is 0 Å². The Bertz CT molecular complexity index is 444. The molecule has 0 aliphatic rings. The van der Waals surface area contributed by atoms with Crippen molar-refractivity contribution in [3.8, 4) is 0 Å². The van der Waals surface area contributed by atoms with Gasteiger partial charge in [0.2, 0.25) is 0 Å². The molecule has 1 heterocycles. The molecule has 0 saturated carbocycles. The van der Waals surface area contributed by atoms with Crippen molar-refractivity contribution in [1.82, 2.24) is 4.98 Å². The van der Waals surface area contributed by atoms with E-state index in [1.54, 1.807) is 12.4 Å². The zero-order valence-electron chi connectivity index (χ0n) is 10.7. The van der Waals surface area contributed by atoms with Gasteiger partial charge in [-0.25, -0.2) is 0 Å². The van der Waals surface area contributed by atoms with Crippen molar-refractivity contribution in [3.05, 3.63) is 71.6 Å². The summed E-state index contributed by atoms with van der Waals surface area (Å²) in [6.07, 6.45) is 16.2. The van der Waals surface area contributed by atoms with Crippen LogP contribution in [0.15, 0.2) is 66.1 Å².